The van der Waals surface area contributed by atoms with E-state index in [4.69, 9.17) is 4.74 Å². The molecule has 2 rings (SSSR count). The fourth-order valence-electron chi connectivity index (χ4n) is 1.95. The van der Waals surface area contributed by atoms with Gasteiger partial charge in [0.2, 0.25) is 5.91 Å². The molecule has 0 bridgehead atoms. The maximum absolute atomic E-state index is 11.6. The zero-order chi connectivity index (χ0) is 13.5. The Bertz CT molecular complexity index is 416. The molecule has 0 unspecified atom stereocenters. The number of para-hydroxylation sites is 1. The highest BCUT2D eigenvalue weighted by atomic mass is 16.5. The molecule has 4 nitrogen and oxygen atoms in total. The first kappa shape index (κ1) is 13.9. The van der Waals surface area contributed by atoms with Crippen LogP contribution in [0.15, 0.2) is 24.3 Å². The van der Waals surface area contributed by atoms with Gasteiger partial charge in [0.05, 0.1) is 6.10 Å². The largest absolute Gasteiger partial charge is 0.490 e. The number of ether oxygens (including phenoxy) is 1. The second kappa shape index (κ2) is 7.14. The highest BCUT2D eigenvalue weighted by molar-refractivity contribution is 5.76. The molecule has 1 aliphatic rings. The number of carbonyl (C=O) groups excluding carboxylic acids is 1. The molecule has 0 radical (unpaired) electrons. The average molecular weight is 262 g/mol. The fraction of sp³-hybridized carbons (Fsp3) is 0.533. The van der Waals surface area contributed by atoms with E-state index in [0.29, 0.717) is 25.6 Å². The molecule has 1 aliphatic carbocycles. The van der Waals surface area contributed by atoms with Crippen LogP contribution in [0, 0.1) is 0 Å². The van der Waals surface area contributed by atoms with Crippen molar-refractivity contribution in [3.63, 3.8) is 0 Å². The van der Waals surface area contributed by atoms with Gasteiger partial charge in [0.15, 0.2) is 0 Å². The molecule has 4 heteroatoms. The van der Waals surface area contributed by atoms with Crippen LogP contribution in [0.1, 0.15) is 31.2 Å². The van der Waals surface area contributed by atoms with Crippen LogP contribution in [-0.4, -0.2) is 25.6 Å². The number of hydrogen-bond donors (Lipinski definition) is 2. The second-order valence-corrected chi connectivity index (χ2v) is 4.91. The molecule has 1 fully saturated rings. The molecule has 1 amide bonds. The molecular formula is C15H22N2O2. The lowest BCUT2D eigenvalue weighted by atomic mass is 9.96. The molecule has 19 heavy (non-hydrogen) atoms. The van der Waals surface area contributed by atoms with Gasteiger partial charge in [0.1, 0.15) is 5.75 Å². The first-order chi connectivity index (χ1) is 9.29. The van der Waals surface area contributed by atoms with Gasteiger partial charge >= 0.3 is 0 Å². The van der Waals surface area contributed by atoms with Crippen molar-refractivity contribution >= 4 is 5.91 Å². The molecule has 0 atom stereocenters. The van der Waals surface area contributed by atoms with Gasteiger partial charge < -0.3 is 15.4 Å². The quantitative estimate of drug-likeness (QED) is 0.788. The van der Waals surface area contributed by atoms with E-state index in [0.717, 1.165) is 24.2 Å². The Morgan fingerprint density at radius 3 is 2.84 bits per heavy atom. The summed E-state index contributed by atoms with van der Waals surface area (Å²) in [6.07, 6.45) is 4.41. The molecule has 0 saturated heterocycles. The summed E-state index contributed by atoms with van der Waals surface area (Å²) in [5.41, 5.74) is 1.05. The average Bonchev–Trinajstić information content (AvgIpc) is 2.39. The second-order valence-electron chi connectivity index (χ2n) is 4.91. The normalized spacial score (nSPS) is 14.8. The summed E-state index contributed by atoms with van der Waals surface area (Å²) in [7, 11) is 1.84. The molecular weight excluding hydrogens is 240 g/mol. The number of nitrogens with one attached hydrogen (secondary N) is 2. The lowest BCUT2D eigenvalue weighted by molar-refractivity contribution is -0.121. The lowest BCUT2D eigenvalue weighted by Gasteiger charge is -2.27. The van der Waals surface area contributed by atoms with Crippen LogP contribution in [0.25, 0.3) is 0 Å². The van der Waals surface area contributed by atoms with Gasteiger partial charge in [-0.05, 0) is 32.4 Å². The van der Waals surface area contributed by atoms with Crippen LogP contribution < -0.4 is 15.4 Å². The first-order valence-electron chi connectivity index (χ1n) is 6.95. The zero-order valence-electron chi connectivity index (χ0n) is 11.4. The van der Waals surface area contributed by atoms with Gasteiger partial charge in [-0.2, -0.15) is 0 Å². The third-order valence-electron chi connectivity index (χ3n) is 3.40. The maximum Gasteiger partial charge on any atom is 0.221 e. The Balaban J connectivity index is 1.86. The summed E-state index contributed by atoms with van der Waals surface area (Å²) in [5, 5.41) is 5.89. The van der Waals surface area contributed by atoms with E-state index < -0.39 is 0 Å². The number of benzene rings is 1. The lowest BCUT2D eigenvalue weighted by Crippen LogP contribution is -2.28. The van der Waals surface area contributed by atoms with Crippen LogP contribution in [-0.2, 0) is 11.3 Å². The molecule has 0 heterocycles. The third-order valence-corrected chi connectivity index (χ3v) is 3.40. The van der Waals surface area contributed by atoms with Crippen molar-refractivity contribution < 1.29 is 9.53 Å². The van der Waals surface area contributed by atoms with Crippen molar-refractivity contribution in [1.29, 1.82) is 0 Å². The predicted octanol–water partition coefficient (Wildman–Crippen LogP) is 1.84. The number of carbonyl (C=O) groups is 1. The Morgan fingerprint density at radius 1 is 1.37 bits per heavy atom. The van der Waals surface area contributed by atoms with Crippen LogP contribution >= 0.6 is 0 Å². The summed E-state index contributed by atoms with van der Waals surface area (Å²) in [5.74, 6) is 0.967. The zero-order valence-corrected chi connectivity index (χ0v) is 11.4. The van der Waals surface area contributed by atoms with Crippen LogP contribution in [0.2, 0.25) is 0 Å². The van der Waals surface area contributed by atoms with E-state index in [9.17, 15) is 4.79 Å². The van der Waals surface area contributed by atoms with E-state index in [2.05, 4.69) is 10.6 Å². The third kappa shape index (κ3) is 4.24. The van der Waals surface area contributed by atoms with E-state index in [1.165, 1.54) is 6.42 Å². The van der Waals surface area contributed by atoms with Crippen molar-refractivity contribution in [3.05, 3.63) is 29.8 Å². The Hall–Kier alpha value is -1.55. The number of hydrogen-bond acceptors (Lipinski definition) is 3. The summed E-state index contributed by atoms with van der Waals surface area (Å²) >= 11 is 0. The summed E-state index contributed by atoms with van der Waals surface area (Å²) in [6, 6.07) is 7.93. The van der Waals surface area contributed by atoms with E-state index >= 15 is 0 Å². The van der Waals surface area contributed by atoms with Crippen molar-refractivity contribution in [1.82, 2.24) is 10.6 Å². The molecule has 2 N–H and O–H groups in total. The van der Waals surface area contributed by atoms with Crippen LogP contribution in [0.3, 0.4) is 0 Å². The van der Waals surface area contributed by atoms with Gasteiger partial charge in [-0.3, -0.25) is 4.79 Å². The molecule has 1 aromatic carbocycles. The minimum absolute atomic E-state index is 0.0628. The van der Waals surface area contributed by atoms with Gasteiger partial charge in [-0.15, -0.1) is 0 Å². The van der Waals surface area contributed by atoms with E-state index in [1.54, 1.807) is 0 Å². The number of amides is 1. The van der Waals surface area contributed by atoms with Gasteiger partial charge in [-0.1, -0.05) is 18.2 Å². The molecule has 0 aromatic heterocycles. The smallest absolute Gasteiger partial charge is 0.221 e. The van der Waals surface area contributed by atoms with E-state index in [-0.39, 0.29) is 5.91 Å². The Morgan fingerprint density at radius 2 is 2.16 bits per heavy atom. The topological polar surface area (TPSA) is 50.4 Å². The maximum atomic E-state index is 11.6. The van der Waals surface area contributed by atoms with Crippen LogP contribution in [0.5, 0.6) is 5.75 Å². The van der Waals surface area contributed by atoms with Gasteiger partial charge in [0.25, 0.3) is 0 Å². The predicted molar refractivity (Wildman–Crippen MR) is 75.1 cm³/mol. The number of rotatable bonds is 7. The Labute approximate surface area is 114 Å². The molecule has 1 saturated carbocycles. The van der Waals surface area contributed by atoms with Crippen molar-refractivity contribution in [2.24, 2.45) is 0 Å². The fourth-order valence-corrected chi connectivity index (χ4v) is 1.95. The standard InChI is InChI=1S/C15H22N2O2/c1-16-10-9-15(18)17-11-12-5-2-3-8-14(12)19-13-6-4-7-13/h2-3,5,8,13,16H,4,6-7,9-11H2,1H3,(H,17,18). The SMILES string of the molecule is CNCCC(=O)NCc1ccccc1OC1CCC1. The summed E-state index contributed by atoms with van der Waals surface area (Å²) in [4.78, 5) is 11.6. The van der Waals surface area contributed by atoms with Crippen LogP contribution in [0.4, 0.5) is 0 Å². The molecule has 1 aromatic rings. The molecule has 0 spiro atoms. The molecule has 104 valence electrons. The molecule has 0 aliphatic heterocycles. The Kier molecular flexibility index (Phi) is 5.21. The van der Waals surface area contributed by atoms with Gasteiger partial charge in [-0.25, -0.2) is 0 Å². The van der Waals surface area contributed by atoms with Gasteiger partial charge in [0, 0.05) is 25.1 Å². The monoisotopic (exact) mass is 262 g/mol. The minimum atomic E-state index is 0.0628. The highest BCUT2D eigenvalue weighted by Crippen LogP contribution is 2.27. The summed E-state index contributed by atoms with van der Waals surface area (Å²) < 4.78 is 5.93. The first-order valence-corrected chi connectivity index (χ1v) is 6.95. The van der Waals surface area contributed by atoms with Crippen molar-refractivity contribution in [3.8, 4) is 5.75 Å². The highest BCUT2D eigenvalue weighted by Gasteiger charge is 2.20. The minimum Gasteiger partial charge on any atom is -0.490 e. The van der Waals surface area contributed by atoms with E-state index in [1.807, 2.05) is 31.3 Å². The summed E-state index contributed by atoms with van der Waals surface area (Å²) in [6.45, 7) is 1.23. The van der Waals surface area contributed by atoms with Crippen molar-refractivity contribution in [2.45, 2.75) is 38.3 Å². The van der Waals surface area contributed by atoms with Crippen molar-refractivity contribution in [2.75, 3.05) is 13.6 Å².